The summed E-state index contributed by atoms with van der Waals surface area (Å²) in [7, 11) is 1.51. The number of hydrogen-bond donors (Lipinski definition) is 2. The van der Waals surface area contributed by atoms with E-state index in [9.17, 15) is 9.59 Å². The zero-order valence-corrected chi connectivity index (χ0v) is 17.6. The predicted molar refractivity (Wildman–Crippen MR) is 118 cm³/mol. The van der Waals surface area contributed by atoms with Gasteiger partial charge in [-0.3, -0.25) is 9.59 Å². The lowest BCUT2D eigenvalue weighted by molar-refractivity contribution is -0.116. The third-order valence-corrected chi connectivity index (χ3v) is 4.70. The smallest absolute Gasteiger partial charge is 0.291 e. The highest BCUT2D eigenvalue weighted by Gasteiger charge is 2.14. The van der Waals surface area contributed by atoms with Crippen LogP contribution < -0.4 is 15.4 Å². The molecule has 6 nitrogen and oxygen atoms in total. The lowest BCUT2D eigenvalue weighted by Gasteiger charge is -2.12. The molecule has 2 amide bonds. The van der Waals surface area contributed by atoms with Gasteiger partial charge in [-0.15, -0.1) is 0 Å². The van der Waals surface area contributed by atoms with E-state index in [0.717, 1.165) is 18.4 Å². The number of carbonyl (C=O) groups is 2. The number of nitrogens with one attached hydrogen (secondary N) is 2. The minimum absolute atomic E-state index is 0.0720. The predicted octanol–water partition coefficient (Wildman–Crippen LogP) is 5.99. The van der Waals surface area contributed by atoms with E-state index in [1.54, 1.807) is 42.5 Å². The van der Waals surface area contributed by atoms with Gasteiger partial charge in [0.1, 0.15) is 11.5 Å². The van der Waals surface area contributed by atoms with Crippen LogP contribution in [0.4, 0.5) is 11.4 Å². The molecule has 0 spiro atoms. The number of ether oxygens (including phenoxy) is 1. The lowest BCUT2D eigenvalue weighted by atomic mass is 10.2. The normalized spacial score (nSPS) is 10.5. The summed E-state index contributed by atoms with van der Waals surface area (Å²) in [4.78, 5) is 24.5. The molecule has 3 rings (SSSR count). The van der Waals surface area contributed by atoms with Crippen LogP contribution in [-0.2, 0) is 4.79 Å². The van der Waals surface area contributed by atoms with Crippen molar-refractivity contribution in [3.63, 3.8) is 0 Å². The second kappa shape index (κ2) is 9.98. The van der Waals surface area contributed by atoms with Crippen molar-refractivity contribution < 1.29 is 18.7 Å². The Kier molecular flexibility index (Phi) is 7.14. The number of hydrogen-bond acceptors (Lipinski definition) is 4. The van der Waals surface area contributed by atoms with Crippen molar-refractivity contribution in [1.29, 1.82) is 0 Å². The second-order valence-corrected chi connectivity index (χ2v) is 7.13. The van der Waals surface area contributed by atoms with Crippen LogP contribution in [0.3, 0.4) is 0 Å². The van der Waals surface area contributed by atoms with Gasteiger partial charge in [-0.2, -0.15) is 0 Å². The van der Waals surface area contributed by atoms with Crippen molar-refractivity contribution in [2.75, 3.05) is 17.7 Å². The molecule has 0 aliphatic rings. The van der Waals surface area contributed by atoms with Crippen LogP contribution in [0.5, 0.6) is 5.75 Å². The molecule has 0 unspecified atom stereocenters. The average Bonchev–Trinajstić information content (AvgIpc) is 3.24. The number of anilines is 2. The molecule has 0 aliphatic carbocycles. The third kappa shape index (κ3) is 5.42. The largest absolute Gasteiger partial charge is 0.494 e. The average molecular weight is 427 g/mol. The molecule has 0 fully saturated rings. The fourth-order valence-corrected chi connectivity index (χ4v) is 2.97. The first-order valence-electron chi connectivity index (χ1n) is 9.65. The van der Waals surface area contributed by atoms with Gasteiger partial charge in [-0.25, -0.2) is 0 Å². The van der Waals surface area contributed by atoms with Gasteiger partial charge in [0.25, 0.3) is 5.91 Å². The highest BCUT2D eigenvalue weighted by molar-refractivity contribution is 6.30. The summed E-state index contributed by atoms with van der Waals surface area (Å²) in [5.74, 6) is 0.739. The quantitative estimate of drug-likeness (QED) is 0.463. The first-order chi connectivity index (χ1) is 14.5. The molecule has 1 heterocycles. The minimum Gasteiger partial charge on any atom is -0.494 e. The summed E-state index contributed by atoms with van der Waals surface area (Å²) in [5.41, 5.74) is 1.90. The Morgan fingerprint density at radius 2 is 1.80 bits per heavy atom. The van der Waals surface area contributed by atoms with Gasteiger partial charge >= 0.3 is 0 Å². The van der Waals surface area contributed by atoms with Gasteiger partial charge in [0.2, 0.25) is 5.91 Å². The molecule has 0 aliphatic heterocycles. The highest BCUT2D eigenvalue weighted by Crippen LogP contribution is 2.29. The van der Waals surface area contributed by atoms with Crippen LogP contribution in [0, 0.1) is 0 Å². The molecule has 7 heteroatoms. The molecule has 30 heavy (non-hydrogen) atoms. The zero-order chi connectivity index (χ0) is 21.5. The second-order valence-electron chi connectivity index (χ2n) is 6.69. The Morgan fingerprint density at radius 3 is 2.50 bits per heavy atom. The van der Waals surface area contributed by atoms with E-state index >= 15 is 0 Å². The summed E-state index contributed by atoms with van der Waals surface area (Å²) in [5, 5.41) is 6.23. The third-order valence-electron chi connectivity index (χ3n) is 4.45. The number of benzene rings is 2. The van der Waals surface area contributed by atoms with Gasteiger partial charge in [-0.1, -0.05) is 24.9 Å². The Bertz CT molecular complexity index is 1030. The maximum absolute atomic E-state index is 12.6. The molecule has 1 aromatic heterocycles. The molecular formula is C23H23ClN2O4. The van der Waals surface area contributed by atoms with Crippen LogP contribution in [0.25, 0.3) is 11.3 Å². The lowest BCUT2D eigenvalue weighted by Crippen LogP contribution is -2.13. The first kappa shape index (κ1) is 21.5. The van der Waals surface area contributed by atoms with Crippen molar-refractivity contribution in [2.24, 2.45) is 0 Å². The van der Waals surface area contributed by atoms with Crippen LogP contribution in [-0.4, -0.2) is 18.9 Å². The Morgan fingerprint density at radius 1 is 1.03 bits per heavy atom. The number of furan rings is 1. The summed E-state index contributed by atoms with van der Waals surface area (Å²) in [6, 6.07) is 15.5. The zero-order valence-electron chi connectivity index (χ0n) is 16.8. The molecule has 0 radical (unpaired) electrons. The van der Waals surface area contributed by atoms with Gasteiger partial charge in [0.15, 0.2) is 5.76 Å². The van der Waals surface area contributed by atoms with E-state index in [-0.39, 0.29) is 11.7 Å². The molecule has 0 bridgehead atoms. The highest BCUT2D eigenvalue weighted by atomic mass is 35.5. The maximum Gasteiger partial charge on any atom is 0.291 e. The molecule has 2 aromatic carbocycles. The van der Waals surface area contributed by atoms with Crippen LogP contribution in [0.2, 0.25) is 5.02 Å². The fourth-order valence-electron chi connectivity index (χ4n) is 2.84. The van der Waals surface area contributed by atoms with Crippen LogP contribution >= 0.6 is 11.6 Å². The van der Waals surface area contributed by atoms with E-state index < -0.39 is 5.91 Å². The topological polar surface area (TPSA) is 80.6 Å². The monoisotopic (exact) mass is 426 g/mol. The number of unbranched alkanes of at least 4 members (excludes halogenated alkanes) is 1. The number of carbonyl (C=O) groups excluding carboxylic acids is 2. The molecule has 3 aromatic rings. The number of amides is 2. The van der Waals surface area contributed by atoms with Gasteiger partial charge in [0, 0.05) is 28.8 Å². The molecule has 0 saturated carbocycles. The Hall–Kier alpha value is -3.25. The van der Waals surface area contributed by atoms with Crippen molar-refractivity contribution in [3.05, 3.63) is 65.4 Å². The molecule has 156 valence electrons. The van der Waals surface area contributed by atoms with Crippen molar-refractivity contribution in [3.8, 4) is 17.1 Å². The summed E-state index contributed by atoms with van der Waals surface area (Å²) >= 11 is 5.90. The van der Waals surface area contributed by atoms with E-state index in [2.05, 4.69) is 10.6 Å². The summed E-state index contributed by atoms with van der Waals surface area (Å²) < 4.78 is 11.0. The number of methoxy groups -OCH3 is 1. The van der Waals surface area contributed by atoms with Gasteiger partial charge in [0.05, 0.1) is 12.8 Å². The number of rotatable bonds is 8. The van der Waals surface area contributed by atoms with E-state index in [1.165, 1.54) is 7.11 Å². The summed E-state index contributed by atoms with van der Waals surface area (Å²) in [6.45, 7) is 2.03. The SMILES string of the molecule is CCCCC(=O)Nc1ccc(NC(=O)c2ccc(-c3ccc(Cl)cc3)o2)cc1OC. The maximum atomic E-state index is 12.6. The Balaban J connectivity index is 1.69. The van der Waals surface area contributed by atoms with Crippen LogP contribution in [0.15, 0.2) is 59.0 Å². The molecule has 0 atom stereocenters. The molecular weight excluding hydrogens is 404 g/mol. The van der Waals surface area contributed by atoms with E-state index in [0.29, 0.717) is 34.3 Å². The fraction of sp³-hybridized carbons (Fsp3) is 0.217. The van der Waals surface area contributed by atoms with Crippen LogP contribution in [0.1, 0.15) is 36.7 Å². The van der Waals surface area contributed by atoms with Crippen molar-refractivity contribution in [2.45, 2.75) is 26.2 Å². The minimum atomic E-state index is -0.392. The Labute approximate surface area is 180 Å². The van der Waals surface area contributed by atoms with E-state index in [1.807, 2.05) is 19.1 Å². The number of halogens is 1. The van der Waals surface area contributed by atoms with Crippen molar-refractivity contribution >= 4 is 34.8 Å². The standard InChI is InChI=1S/C23H23ClN2O4/c1-3-4-5-22(27)26-18-11-10-17(14-21(18)29-2)25-23(28)20-13-12-19(30-20)15-6-8-16(24)9-7-15/h6-14H,3-5H2,1-2H3,(H,25,28)(H,26,27). The molecule has 0 saturated heterocycles. The van der Waals surface area contributed by atoms with Gasteiger partial charge in [-0.05, 0) is 55.0 Å². The van der Waals surface area contributed by atoms with Gasteiger partial charge < -0.3 is 19.8 Å². The van der Waals surface area contributed by atoms with E-state index in [4.69, 9.17) is 20.8 Å². The summed E-state index contributed by atoms with van der Waals surface area (Å²) in [6.07, 6.45) is 2.22. The van der Waals surface area contributed by atoms with Crippen molar-refractivity contribution in [1.82, 2.24) is 0 Å². The first-order valence-corrected chi connectivity index (χ1v) is 10.0. The molecule has 2 N–H and O–H groups in total.